The standard InChI is InChI=1S/2C10H8.CH4/c2*1-2-6-10-8-4-3-7-9(10)5-1;/h2*1-8H;1H4. The zero-order valence-electron chi connectivity index (χ0n) is 11.2. The van der Waals surface area contributed by atoms with Crippen LogP contribution in [0.1, 0.15) is 7.43 Å². The molecule has 0 spiro atoms. The highest BCUT2D eigenvalue weighted by Gasteiger charge is 1.86. The normalized spacial score (nSPS) is 9.52. The van der Waals surface area contributed by atoms with E-state index in [0.717, 1.165) is 0 Å². The van der Waals surface area contributed by atoms with Crippen LogP contribution in [0.15, 0.2) is 97.1 Å². The highest BCUT2D eigenvalue weighted by Crippen LogP contribution is 2.11. The van der Waals surface area contributed by atoms with Gasteiger partial charge in [0, 0.05) is 0 Å². The molecule has 0 radical (unpaired) electrons. The van der Waals surface area contributed by atoms with Gasteiger partial charge in [0.25, 0.3) is 0 Å². The molecule has 0 N–H and O–H groups in total. The van der Waals surface area contributed by atoms with Crippen LogP contribution < -0.4 is 0 Å². The molecule has 4 rings (SSSR count). The van der Waals surface area contributed by atoms with Crippen LogP contribution in [0.4, 0.5) is 0 Å². The zero-order chi connectivity index (χ0) is 13.6. The van der Waals surface area contributed by atoms with E-state index in [2.05, 4.69) is 97.1 Å². The fraction of sp³-hybridized carbons (Fsp3) is 0.0476. The Labute approximate surface area is 126 Å². The van der Waals surface area contributed by atoms with Crippen molar-refractivity contribution in [3.05, 3.63) is 97.1 Å². The summed E-state index contributed by atoms with van der Waals surface area (Å²) < 4.78 is 0. The molecule has 4 aromatic rings. The van der Waals surface area contributed by atoms with Crippen LogP contribution >= 0.6 is 0 Å². The molecule has 0 heteroatoms. The van der Waals surface area contributed by atoms with Crippen molar-refractivity contribution in [3.63, 3.8) is 0 Å². The maximum atomic E-state index is 2.12. The minimum absolute atomic E-state index is 0. The quantitative estimate of drug-likeness (QED) is 0.351. The SMILES string of the molecule is C.c1ccc2ccccc2c1.c1ccc2ccccc2c1. The first-order valence-electron chi connectivity index (χ1n) is 6.81. The summed E-state index contributed by atoms with van der Waals surface area (Å²) in [5.41, 5.74) is 0. The Morgan fingerprint density at radius 2 is 0.429 bits per heavy atom. The summed E-state index contributed by atoms with van der Waals surface area (Å²) in [5.74, 6) is 0. The van der Waals surface area contributed by atoms with E-state index in [0.29, 0.717) is 0 Å². The van der Waals surface area contributed by atoms with Crippen molar-refractivity contribution in [2.45, 2.75) is 7.43 Å². The van der Waals surface area contributed by atoms with Crippen molar-refractivity contribution >= 4 is 21.5 Å². The van der Waals surface area contributed by atoms with Crippen LogP contribution in [0.25, 0.3) is 21.5 Å². The average molecular weight is 272 g/mol. The maximum absolute atomic E-state index is 2.12. The molecule has 0 amide bonds. The van der Waals surface area contributed by atoms with E-state index in [4.69, 9.17) is 0 Å². The fourth-order valence-corrected chi connectivity index (χ4v) is 2.27. The molecule has 0 nitrogen and oxygen atoms in total. The summed E-state index contributed by atoms with van der Waals surface area (Å²) in [4.78, 5) is 0. The van der Waals surface area contributed by atoms with Gasteiger partial charge >= 0.3 is 0 Å². The molecule has 0 fully saturated rings. The van der Waals surface area contributed by atoms with Gasteiger partial charge in [0.1, 0.15) is 0 Å². The predicted molar refractivity (Wildman–Crippen MR) is 94.6 cm³/mol. The maximum Gasteiger partial charge on any atom is -0.0184 e. The molecule has 0 aliphatic carbocycles. The summed E-state index contributed by atoms with van der Waals surface area (Å²) in [6.07, 6.45) is 0. The molecular weight excluding hydrogens is 252 g/mol. The third-order valence-corrected chi connectivity index (χ3v) is 3.32. The monoisotopic (exact) mass is 272 g/mol. The summed E-state index contributed by atoms with van der Waals surface area (Å²) in [6, 6.07) is 33.4. The summed E-state index contributed by atoms with van der Waals surface area (Å²) in [7, 11) is 0. The number of rotatable bonds is 0. The van der Waals surface area contributed by atoms with Crippen LogP contribution in [-0.4, -0.2) is 0 Å². The molecule has 0 atom stereocenters. The van der Waals surface area contributed by atoms with Crippen LogP contribution in [0.3, 0.4) is 0 Å². The van der Waals surface area contributed by atoms with Gasteiger partial charge in [0.15, 0.2) is 0 Å². The summed E-state index contributed by atoms with van der Waals surface area (Å²) in [5, 5.41) is 5.24. The molecule has 0 unspecified atom stereocenters. The lowest BCUT2D eigenvalue weighted by atomic mass is 10.1. The second-order valence-corrected chi connectivity index (χ2v) is 4.69. The largest absolute Gasteiger partial charge is 0.0776 e. The molecule has 0 aliphatic heterocycles. The molecule has 0 aliphatic rings. The van der Waals surface area contributed by atoms with E-state index in [-0.39, 0.29) is 7.43 Å². The molecule has 21 heavy (non-hydrogen) atoms. The second-order valence-electron chi connectivity index (χ2n) is 4.69. The predicted octanol–water partition coefficient (Wildman–Crippen LogP) is 6.32. The van der Waals surface area contributed by atoms with Crippen molar-refractivity contribution < 1.29 is 0 Å². The van der Waals surface area contributed by atoms with Gasteiger partial charge in [-0.1, -0.05) is 104 Å². The first-order valence-corrected chi connectivity index (χ1v) is 6.81. The number of benzene rings is 4. The van der Waals surface area contributed by atoms with E-state index in [1.54, 1.807) is 0 Å². The van der Waals surface area contributed by atoms with Gasteiger partial charge in [0.2, 0.25) is 0 Å². The molecule has 0 saturated heterocycles. The Bertz CT molecular complexity index is 613. The minimum atomic E-state index is 0. The molecule has 0 aromatic heterocycles. The Morgan fingerprint density at radius 3 is 0.571 bits per heavy atom. The third kappa shape index (κ3) is 3.70. The van der Waals surface area contributed by atoms with Crippen LogP contribution in [0.2, 0.25) is 0 Å². The highest BCUT2D eigenvalue weighted by molar-refractivity contribution is 5.82. The highest BCUT2D eigenvalue weighted by atomic mass is 13.9. The molecule has 4 aromatic carbocycles. The van der Waals surface area contributed by atoms with Crippen LogP contribution in [-0.2, 0) is 0 Å². The van der Waals surface area contributed by atoms with Gasteiger partial charge in [-0.05, 0) is 21.5 Å². The fourth-order valence-electron chi connectivity index (χ4n) is 2.27. The molecule has 0 saturated carbocycles. The van der Waals surface area contributed by atoms with E-state index >= 15 is 0 Å². The van der Waals surface area contributed by atoms with Crippen LogP contribution in [0, 0.1) is 0 Å². The van der Waals surface area contributed by atoms with Crippen molar-refractivity contribution in [2.75, 3.05) is 0 Å². The molecule has 104 valence electrons. The number of fused-ring (bicyclic) bond motifs is 2. The second kappa shape index (κ2) is 7.25. The van der Waals surface area contributed by atoms with Gasteiger partial charge in [-0.15, -0.1) is 0 Å². The van der Waals surface area contributed by atoms with Crippen molar-refractivity contribution in [3.8, 4) is 0 Å². The Hall–Kier alpha value is -2.60. The van der Waals surface area contributed by atoms with E-state index in [1.807, 2.05) is 0 Å². The minimum Gasteiger partial charge on any atom is -0.0776 e. The average Bonchev–Trinajstić information content (AvgIpc) is 2.56. The van der Waals surface area contributed by atoms with Gasteiger partial charge in [-0.2, -0.15) is 0 Å². The van der Waals surface area contributed by atoms with Gasteiger partial charge < -0.3 is 0 Å². The van der Waals surface area contributed by atoms with Crippen LogP contribution in [0.5, 0.6) is 0 Å². The van der Waals surface area contributed by atoms with E-state index in [1.165, 1.54) is 21.5 Å². The Balaban J connectivity index is 0.000000147. The summed E-state index contributed by atoms with van der Waals surface area (Å²) in [6.45, 7) is 0. The van der Waals surface area contributed by atoms with E-state index < -0.39 is 0 Å². The first-order chi connectivity index (χ1) is 9.93. The van der Waals surface area contributed by atoms with Gasteiger partial charge in [-0.25, -0.2) is 0 Å². The topological polar surface area (TPSA) is 0 Å². The third-order valence-electron chi connectivity index (χ3n) is 3.32. The first kappa shape index (κ1) is 14.8. The molecular formula is C21H20. The number of hydrogen-bond donors (Lipinski definition) is 0. The zero-order valence-corrected chi connectivity index (χ0v) is 11.2. The van der Waals surface area contributed by atoms with Crippen molar-refractivity contribution in [1.82, 2.24) is 0 Å². The van der Waals surface area contributed by atoms with Crippen molar-refractivity contribution in [2.24, 2.45) is 0 Å². The van der Waals surface area contributed by atoms with Gasteiger partial charge in [0.05, 0.1) is 0 Å². The lowest BCUT2D eigenvalue weighted by molar-refractivity contribution is 1.75. The lowest BCUT2D eigenvalue weighted by Gasteiger charge is -1.92. The van der Waals surface area contributed by atoms with Gasteiger partial charge in [-0.3, -0.25) is 0 Å². The number of hydrogen-bond acceptors (Lipinski definition) is 0. The lowest BCUT2D eigenvalue weighted by Crippen LogP contribution is -1.67. The molecule has 0 heterocycles. The Morgan fingerprint density at radius 1 is 0.286 bits per heavy atom. The Kier molecular flexibility index (Phi) is 5.11. The van der Waals surface area contributed by atoms with E-state index in [9.17, 15) is 0 Å². The summed E-state index contributed by atoms with van der Waals surface area (Å²) >= 11 is 0. The van der Waals surface area contributed by atoms with Crippen molar-refractivity contribution in [1.29, 1.82) is 0 Å². The molecule has 0 bridgehead atoms. The smallest absolute Gasteiger partial charge is 0.0184 e.